The monoisotopic (exact) mass is 336 g/mol. The average Bonchev–Trinajstić information content (AvgIpc) is 2.65. The minimum absolute atomic E-state index is 0.0510. The zero-order valence-corrected chi connectivity index (χ0v) is 12.3. The molecule has 1 aromatic heterocycles. The lowest BCUT2D eigenvalue weighted by Gasteiger charge is -2.18. The lowest BCUT2D eigenvalue weighted by molar-refractivity contribution is -0.117. The minimum Gasteiger partial charge on any atom is -0.309 e. The van der Waals surface area contributed by atoms with E-state index in [1.54, 1.807) is 4.90 Å². The number of aryl methyl sites for hydroxylation is 1. The molecule has 3 nitrogen and oxygen atoms in total. The van der Waals surface area contributed by atoms with Crippen LogP contribution in [0.2, 0.25) is 5.15 Å². The van der Waals surface area contributed by atoms with Crippen molar-refractivity contribution >= 4 is 50.7 Å². The van der Waals surface area contributed by atoms with Crippen molar-refractivity contribution in [1.29, 1.82) is 0 Å². The van der Waals surface area contributed by atoms with Gasteiger partial charge in [-0.15, -0.1) is 11.6 Å². The van der Waals surface area contributed by atoms with E-state index in [4.69, 9.17) is 23.2 Å². The third-order valence-electron chi connectivity index (χ3n) is 2.80. The topological polar surface area (TPSA) is 33.2 Å². The Balaban J connectivity index is 2.35. The molecule has 0 spiro atoms. The molecule has 0 saturated carbocycles. The summed E-state index contributed by atoms with van der Waals surface area (Å²) in [6.07, 6.45) is 0.478. The third kappa shape index (κ3) is 2.59. The summed E-state index contributed by atoms with van der Waals surface area (Å²) in [5.41, 5.74) is 1.46. The van der Waals surface area contributed by atoms with E-state index in [2.05, 4.69) is 20.9 Å². The highest BCUT2D eigenvalue weighted by Gasteiger charge is 2.31. The van der Waals surface area contributed by atoms with Gasteiger partial charge in [-0.05, 0) is 34.8 Å². The summed E-state index contributed by atoms with van der Waals surface area (Å²) in [7, 11) is 0. The molecule has 1 fully saturated rings. The van der Waals surface area contributed by atoms with E-state index < -0.39 is 0 Å². The highest BCUT2D eigenvalue weighted by molar-refractivity contribution is 9.10. The van der Waals surface area contributed by atoms with Crippen molar-refractivity contribution in [3.05, 3.63) is 21.4 Å². The van der Waals surface area contributed by atoms with Crippen LogP contribution in [-0.2, 0) is 4.79 Å². The molecule has 6 heteroatoms. The quantitative estimate of drug-likeness (QED) is 0.612. The van der Waals surface area contributed by atoms with Crippen molar-refractivity contribution in [2.75, 3.05) is 17.3 Å². The SMILES string of the molecule is Cc1nc(Cl)c(N2CC(CCl)CC2=O)cc1Br. The van der Waals surface area contributed by atoms with E-state index in [-0.39, 0.29) is 11.8 Å². The lowest BCUT2D eigenvalue weighted by atomic mass is 10.1. The number of carbonyl (C=O) groups is 1. The standard InChI is InChI=1S/C11H11BrCl2N2O/c1-6-8(12)3-9(11(14)15-6)16-5-7(4-13)2-10(16)17/h3,7H,2,4-5H2,1H3. The van der Waals surface area contributed by atoms with Crippen molar-refractivity contribution in [3.63, 3.8) is 0 Å². The maximum Gasteiger partial charge on any atom is 0.227 e. The number of alkyl halides is 1. The molecule has 92 valence electrons. The zero-order valence-electron chi connectivity index (χ0n) is 9.21. The molecule has 17 heavy (non-hydrogen) atoms. The maximum absolute atomic E-state index is 11.9. The van der Waals surface area contributed by atoms with E-state index in [9.17, 15) is 4.79 Å². The fourth-order valence-electron chi connectivity index (χ4n) is 1.85. The predicted octanol–water partition coefficient (Wildman–Crippen LogP) is 3.40. The summed E-state index contributed by atoms with van der Waals surface area (Å²) in [5, 5.41) is 0.356. The second kappa shape index (κ2) is 5.12. The van der Waals surface area contributed by atoms with E-state index in [0.717, 1.165) is 10.2 Å². The van der Waals surface area contributed by atoms with Crippen LogP contribution in [0, 0.1) is 12.8 Å². The van der Waals surface area contributed by atoms with Crippen molar-refractivity contribution in [2.45, 2.75) is 13.3 Å². The lowest BCUT2D eigenvalue weighted by Crippen LogP contribution is -2.25. The number of anilines is 1. The number of halogens is 3. The molecule has 1 saturated heterocycles. The van der Waals surface area contributed by atoms with Crippen LogP contribution >= 0.6 is 39.1 Å². The second-order valence-corrected chi connectivity index (χ2v) is 5.62. The summed E-state index contributed by atoms with van der Waals surface area (Å²) in [5.74, 6) is 0.732. The minimum atomic E-state index is 0.0510. The van der Waals surface area contributed by atoms with E-state index in [1.807, 2.05) is 13.0 Å². The molecule has 1 aromatic rings. The molecule has 0 aliphatic carbocycles. The van der Waals surface area contributed by atoms with Gasteiger partial charge in [-0.1, -0.05) is 11.6 Å². The number of pyridine rings is 1. The largest absolute Gasteiger partial charge is 0.309 e. The molecule has 1 unspecified atom stereocenters. The van der Waals surface area contributed by atoms with E-state index >= 15 is 0 Å². The maximum atomic E-state index is 11.9. The molecular formula is C11H11BrCl2N2O. The molecule has 2 heterocycles. The van der Waals surface area contributed by atoms with Crippen molar-refractivity contribution < 1.29 is 4.79 Å². The highest BCUT2D eigenvalue weighted by atomic mass is 79.9. The van der Waals surface area contributed by atoms with Crippen LogP contribution in [0.15, 0.2) is 10.5 Å². The molecule has 1 aliphatic heterocycles. The van der Waals surface area contributed by atoms with Crippen molar-refractivity contribution in [3.8, 4) is 0 Å². The first-order chi connectivity index (χ1) is 8.02. The Morgan fingerprint density at radius 2 is 2.35 bits per heavy atom. The Kier molecular flexibility index (Phi) is 3.95. The predicted molar refractivity (Wildman–Crippen MR) is 72.9 cm³/mol. The van der Waals surface area contributed by atoms with Gasteiger partial charge in [-0.25, -0.2) is 4.98 Å². The van der Waals surface area contributed by atoms with Crippen LogP contribution in [0.3, 0.4) is 0 Å². The first kappa shape index (κ1) is 13.1. The number of amides is 1. The Morgan fingerprint density at radius 3 is 2.94 bits per heavy atom. The fraction of sp³-hybridized carbons (Fsp3) is 0.455. The van der Waals surface area contributed by atoms with Gasteiger partial charge in [0.25, 0.3) is 0 Å². The Bertz CT molecular complexity index is 467. The summed E-state index contributed by atoms with van der Waals surface area (Å²) in [6, 6.07) is 1.83. The van der Waals surface area contributed by atoms with E-state index in [1.165, 1.54) is 0 Å². The van der Waals surface area contributed by atoms with Crippen molar-refractivity contribution in [2.24, 2.45) is 5.92 Å². The second-order valence-electron chi connectivity index (χ2n) is 4.09. The number of hydrogen-bond donors (Lipinski definition) is 0. The van der Waals surface area contributed by atoms with Gasteiger partial charge >= 0.3 is 0 Å². The molecule has 1 atom stereocenters. The Hall–Kier alpha value is -0.320. The first-order valence-corrected chi connectivity index (χ1v) is 6.92. The zero-order chi connectivity index (χ0) is 12.6. The summed E-state index contributed by atoms with van der Waals surface area (Å²) in [4.78, 5) is 17.7. The van der Waals surface area contributed by atoms with Crippen LogP contribution in [-0.4, -0.2) is 23.3 Å². The fourth-order valence-corrected chi connectivity index (χ4v) is 2.64. The number of rotatable bonds is 2. The smallest absolute Gasteiger partial charge is 0.227 e. The van der Waals surface area contributed by atoms with E-state index in [0.29, 0.717) is 29.7 Å². The van der Waals surface area contributed by atoms with Crippen LogP contribution in [0.25, 0.3) is 0 Å². The van der Waals surface area contributed by atoms with Gasteiger partial charge in [0.05, 0.1) is 11.4 Å². The van der Waals surface area contributed by atoms with Crippen LogP contribution in [0.4, 0.5) is 5.69 Å². The molecule has 2 rings (SSSR count). The molecule has 0 radical (unpaired) electrons. The van der Waals surface area contributed by atoms with Gasteiger partial charge < -0.3 is 4.90 Å². The third-order valence-corrected chi connectivity index (χ3v) is 4.32. The number of aromatic nitrogens is 1. The van der Waals surface area contributed by atoms with Gasteiger partial charge in [-0.2, -0.15) is 0 Å². The van der Waals surface area contributed by atoms with Gasteiger partial charge in [0.2, 0.25) is 5.91 Å². The molecule has 0 aromatic carbocycles. The Morgan fingerprint density at radius 1 is 1.65 bits per heavy atom. The molecular weight excluding hydrogens is 327 g/mol. The normalized spacial score (nSPS) is 20.1. The van der Waals surface area contributed by atoms with Gasteiger partial charge in [0.1, 0.15) is 0 Å². The number of hydrogen-bond acceptors (Lipinski definition) is 2. The summed E-state index contributed by atoms with van der Waals surface area (Å²) < 4.78 is 0.846. The highest BCUT2D eigenvalue weighted by Crippen LogP contribution is 2.33. The first-order valence-electron chi connectivity index (χ1n) is 5.22. The Labute approximate surface area is 118 Å². The molecule has 1 amide bonds. The van der Waals surface area contributed by atoms with Gasteiger partial charge in [-0.3, -0.25) is 4.79 Å². The van der Waals surface area contributed by atoms with Crippen LogP contribution < -0.4 is 4.90 Å². The summed E-state index contributed by atoms with van der Waals surface area (Å²) >= 11 is 15.3. The van der Waals surface area contributed by atoms with Crippen LogP contribution in [0.5, 0.6) is 0 Å². The molecule has 0 N–H and O–H groups in total. The average molecular weight is 338 g/mol. The molecule has 0 bridgehead atoms. The number of carbonyl (C=O) groups excluding carboxylic acids is 1. The molecule has 1 aliphatic rings. The van der Waals surface area contributed by atoms with Gasteiger partial charge in [0.15, 0.2) is 5.15 Å². The van der Waals surface area contributed by atoms with Crippen molar-refractivity contribution in [1.82, 2.24) is 4.98 Å². The summed E-state index contributed by atoms with van der Waals surface area (Å²) in [6.45, 7) is 2.46. The van der Waals surface area contributed by atoms with Crippen LogP contribution in [0.1, 0.15) is 12.1 Å². The van der Waals surface area contributed by atoms with Gasteiger partial charge in [0, 0.05) is 23.3 Å². The number of nitrogens with zero attached hydrogens (tertiary/aromatic N) is 2.